The molecule has 3 aliphatic heterocycles. The molecule has 3 fully saturated rings. The topological polar surface area (TPSA) is 87.4 Å². The van der Waals surface area contributed by atoms with Crippen LogP contribution >= 0.6 is 0 Å². The highest BCUT2D eigenvalue weighted by molar-refractivity contribution is 5.81. The molecular formula is C19H26N6O2. The van der Waals surface area contributed by atoms with E-state index in [1.165, 1.54) is 0 Å². The maximum Gasteiger partial charge on any atom is 0.228 e. The molecule has 5 heterocycles. The molecule has 3 aliphatic rings. The number of amides is 1. The molecule has 8 heteroatoms. The van der Waals surface area contributed by atoms with Gasteiger partial charge >= 0.3 is 0 Å². The van der Waals surface area contributed by atoms with Crippen LogP contribution in [0.25, 0.3) is 0 Å². The average Bonchev–Trinajstić information content (AvgIpc) is 2.84. The van der Waals surface area contributed by atoms with Crippen LogP contribution in [0.2, 0.25) is 0 Å². The molecule has 0 saturated carbocycles. The Kier molecular flexibility index (Phi) is 4.72. The maximum atomic E-state index is 13.1. The fourth-order valence-corrected chi connectivity index (χ4v) is 4.09. The Labute approximate surface area is 158 Å². The Morgan fingerprint density at radius 2 is 2.15 bits per heavy atom. The molecule has 0 aliphatic carbocycles. The lowest BCUT2D eigenvalue weighted by atomic mass is 9.93. The van der Waals surface area contributed by atoms with Gasteiger partial charge in [-0.3, -0.25) is 4.79 Å². The van der Waals surface area contributed by atoms with E-state index >= 15 is 0 Å². The summed E-state index contributed by atoms with van der Waals surface area (Å²) < 4.78 is 5.28. The molecule has 0 aromatic carbocycles. The van der Waals surface area contributed by atoms with Crippen molar-refractivity contribution in [3.63, 3.8) is 0 Å². The van der Waals surface area contributed by atoms with Crippen LogP contribution in [0.4, 0.5) is 11.8 Å². The Morgan fingerprint density at radius 1 is 1.30 bits per heavy atom. The summed E-state index contributed by atoms with van der Waals surface area (Å²) >= 11 is 0. The Hall–Kier alpha value is -2.64. The summed E-state index contributed by atoms with van der Waals surface area (Å²) in [7, 11) is 0. The molecule has 2 atom stereocenters. The molecule has 1 N–H and O–H groups in total. The smallest absolute Gasteiger partial charge is 0.228 e. The molecular weight excluding hydrogens is 344 g/mol. The standard InChI is InChI=1S/C19H26N6O2/c1-4-20-17-7-8-21-19(22-17)24-9-14-5-6-15(10-24)25(18(14)26)11-16-12(2)23-27-13(16)3/h7-8,14-15H,4-6,9-11H2,1-3H3,(H,20,21,22)/t14-,15+/m0/s1. The maximum absolute atomic E-state index is 13.1. The zero-order chi connectivity index (χ0) is 19.0. The predicted octanol–water partition coefficient (Wildman–Crippen LogP) is 2.14. The van der Waals surface area contributed by atoms with Crippen LogP contribution in [0, 0.1) is 19.8 Å². The van der Waals surface area contributed by atoms with E-state index in [2.05, 4.69) is 25.3 Å². The Balaban J connectivity index is 1.58. The van der Waals surface area contributed by atoms with E-state index in [1.54, 1.807) is 6.20 Å². The van der Waals surface area contributed by atoms with Crippen molar-refractivity contribution in [1.82, 2.24) is 20.0 Å². The molecule has 8 nitrogen and oxygen atoms in total. The Bertz CT molecular complexity index is 816. The molecule has 2 bridgehead atoms. The molecule has 3 saturated heterocycles. The SMILES string of the molecule is CCNc1ccnc(N2C[C@@H]3CC[C@H](C2)N(Cc2c(C)noc2C)C3=O)n1. The van der Waals surface area contributed by atoms with Crippen LogP contribution in [0.5, 0.6) is 0 Å². The van der Waals surface area contributed by atoms with Crippen molar-refractivity contribution in [2.75, 3.05) is 29.9 Å². The zero-order valence-corrected chi connectivity index (χ0v) is 16.1. The van der Waals surface area contributed by atoms with E-state index in [1.807, 2.05) is 31.7 Å². The number of piperidine rings is 1. The van der Waals surface area contributed by atoms with Crippen molar-refractivity contribution < 1.29 is 9.32 Å². The molecule has 0 unspecified atom stereocenters. The largest absolute Gasteiger partial charge is 0.370 e. The predicted molar refractivity (Wildman–Crippen MR) is 101 cm³/mol. The lowest BCUT2D eigenvalue weighted by molar-refractivity contribution is -0.140. The van der Waals surface area contributed by atoms with Crippen molar-refractivity contribution in [2.45, 2.75) is 46.2 Å². The van der Waals surface area contributed by atoms with Gasteiger partial charge in [0.2, 0.25) is 11.9 Å². The second kappa shape index (κ2) is 7.17. The Morgan fingerprint density at radius 3 is 2.89 bits per heavy atom. The van der Waals surface area contributed by atoms with E-state index in [-0.39, 0.29) is 17.9 Å². The van der Waals surface area contributed by atoms with Gasteiger partial charge in [0, 0.05) is 37.4 Å². The van der Waals surface area contributed by atoms with Gasteiger partial charge < -0.3 is 19.6 Å². The van der Waals surface area contributed by atoms with Gasteiger partial charge in [-0.05, 0) is 39.7 Å². The first-order valence-corrected chi connectivity index (χ1v) is 9.61. The summed E-state index contributed by atoms with van der Waals surface area (Å²) in [6, 6.07) is 2.02. The van der Waals surface area contributed by atoms with Gasteiger partial charge in [-0.1, -0.05) is 5.16 Å². The molecule has 144 valence electrons. The highest BCUT2D eigenvalue weighted by atomic mass is 16.5. The van der Waals surface area contributed by atoms with Gasteiger partial charge in [0.25, 0.3) is 0 Å². The van der Waals surface area contributed by atoms with Crippen molar-refractivity contribution in [3.05, 3.63) is 29.3 Å². The molecule has 5 rings (SSSR count). The lowest BCUT2D eigenvalue weighted by Crippen LogP contribution is -2.47. The summed E-state index contributed by atoms with van der Waals surface area (Å²) in [6.07, 6.45) is 3.70. The van der Waals surface area contributed by atoms with Crippen molar-refractivity contribution in [1.29, 1.82) is 0 Å². The lowest BCUT2D eigenvalue weighted by Gasteiger charge is -2.35. The number of nitrogens with zero attached hydrogens (tertiary/aromatic N) is 5. The normalized spacial score (nSPS) is 22.3. The molecule has 0 radical (unpaired) electrons. The summed E-state index contributed by atoms with van der Waals surface area (Å²) in [5.41, 5.74) is 1.88. The van der Waals surface area contributed by atoms with Gasteiger partial charge in [-0.2, -0.15) is 4.98 Å². The second-order valence-corrected chi connectivity index (χ2v) is 7.37. The average molecular weight is 370 g/mol. The number of fused-ring (bicyclic) bond motifs is 4. The number of rotatable bonds is 5. The third-order valence-corrected chi connectivity index (χ3v) is 5.59. The fourth-order valence-electron chi connectivity index (χ4n) is 4.09. The molecule has 0 spiro atoms. The first-order valence-electron chi connectivity index (χ1n) is 9.61. The van der Waals surface area contributed by atoms with Crippen LogP contribution in [-0.2, 0) is 11.3 Å². The first kappa shape index (κ1) is 17.8. The van der Waals surface area contributed by atoms with Crippen molar-refractivity contribution in [3.8, 4) is 0 Å². The van der Waals surface area contributed by atoms with Crippen LogP contribution in [0.1, 0.15) is 36.8 Å². The summed E-state index contributed by atoms with van der Waals surface area (Å²) in [5.74, 6) is 2.50. The minimum atomic E-state index is -0.0180. The van der Waals surface area contributed by atoms with E-state index in [9.17, 15) is 4.79 Å². The monoisotopic (exact) mass is 370 g/mol. The van der Waals surface area contributed by atoms with Gasteiger partial charge in [0.15, 0.2) is 0 Å². The van der Waals surface area contributed by atoms with Crippen molar-refractivity contribution in [2.24, 2.45) is 5.92 Å². The fraction of sp³-hybridized carbons (Fsp3) is 0.579. The van der Waals surface area contributed by atoms with E-state index < -0.39 is 0 Å². The summed E-state index contributed by atoms with van der Waals surface area (Å²) in [4.78, 5) is 26.4. The van der Waals surface area contributed by atoms with E-state index in [4.69, 9.17) is 4.52 Å². The minimum Gasteiger partial charge on any atom is -0.370 e. The number of aromatic nitrogens is 3. The number of carbonyl (C=O) groups is 1. The van der Waals surface area contributed by atoms with Crippen LogP contribution in [-0.4, -0.2) is 51.6 Å². The van der Waals surface area contributed by atoms with Gasteiger partial charge in [-0.15, -0.1) is 0 Å². The number of hydrogen-bond acceptors (Lipinski definition) is 7. The molecule has 1 amide bonds. The second-order valence-electron chi connectivity index (χ2n) is 7.37. The number of aryl methyl sites for hydroxylation is 2. The molecule has 2 aromatic heterocycles. The van der Waals surface area contributed by atoms with Crippen molar-refractivity contribution >= 4 is 17.7 Å². The van der Waals surface area contributed by atoms with Gasteiger partial charge in [0.05, 0.1) is 18.2 Å². The van der Waals surface area contributed by atoms with E-state index in [0.29, 0.717) is 19.0 Å². The summed E-state index contributed by atoms with van der Waals surface area (Å²) in [6.45, 7) is 8.67. The third kappa shape index (κ3) is 3.36. The number of carbonyl (C=O) groups excluding carboxylic acids is 1. The molecule has 2 aromatic rings. The number of nitrogens with one attached hydrogen (secondary N) is 1. The molecule has 27 heavy (non-hydrogen) atoms. The minimum absolute atomic E-state index is 0.0180. The van der Waals surface area contributed by atoms with E-state index in [0.717, 1.165) is 48.8 Å². The van der Waals surface area contributed by atoms with Gasteiger partial charge in [0.1, 0.15) is 11.6 Å². The highest BCUT2D eigenvalue weighted by Crippen LogP contribution is 2.32. The van der Waals surface area contributed by atoms with Crippen LogP contribution in [0.3, 0.4) is 0 Å². The third-order valence-electron chi connectivity index (χ3n) is 5.59. The number of hydrogen-bond donors (Lipinski definition) is 1. The number of anilines is 2. The van der Waals surface area contributed by atoms with Crippen LogP contribution < -0.4 is 10.2 Å². The highest BCUT2D eigenvalue weighted by Gasteiger charge is 2.41. The summed E-state index contributed by atoms with van der Waals surface area (Å²) in [5, 5.41) is 7.26. The quantitative estimate of drug-likeness (QED) is 0.863. The zero-order valence-electron chi connectivity index (χ0n) is 16.1. The van der Waals surface area contributed by atoms with Crippen LogP contribution in [0.15, 0.2) is 16.8 Å². The van der Waals surface area contributed by atoms with Gasteiger partial charge in [-0.25, -0.2) is 4.98 Å². The first-order chi connectivity index (χ1) is 13.1.